The predicted molar refractivity (Wildman–Crippen MR) is 69.7 cm³/mol. The SMILES string of the molecule is FC(F)(F)c1nc(-c2cccc(Br)c2)ncc1CCl. The van der Waals surface area contributed by atoms with Crippen LogP contribution >= 0.6 is 27.5 Å². The number of alkyl halides is 4. The van der Waals surface area contributed by atoms with Crippen molar-refractivity contribution in [2.45, 2.75) is 12.1 Å². The van der Waals surface area contributed by atoms with Crippen LogP contribution in [0.25, 0.3) is 11.4 Å². The number of nitrogens with zero attached hydrogens (tertiary/aromatic N) is 2. The van der Waals surface area contributed by atoms with Gasteiger partial charge in [-0.05, 0) is 12.1 Å². The lowest BCUT2D eigenvalue weighted by atomic mass is 10.2. The molecule has 0 radical (unpaired) electrons. The monoisotopic (exact) mass is 350 g/mol. The Balaban J connectivity index is 2.55. The molecule has 2 aromatic rings. The quantitative estimate of drug-likeness (QED) is 0.735. The molecule has 0 atom stereocenters. The van der Waals surface area contributed by atoms with Crippen molar-refractivity contribution in [3.05, 3.63) is 46.2 Å². The van der Waals surface area contributed by atoms with Gasteiger partial charge in [0, 0.05) is 21.8 Å². The van der Waals surface area contributed by atoms with Crippen LogP contribution in [-0.4, -0.2) is 9.97 Å². The second-order valence-corrected chi connectivity index (χ2v) is 4.89. The molecule has 2 rings (SSSR count). The van der Waals surface area contributed by atoms with Crippen molar-refractivity contribution in [3.63, 3.8) is 0 Å². The zero-order chi connectivity index (χ0) is 14.0. The molecule has 0 N–H and O–H groups in total. The molecule has 0 bridgehead atoms. The van der Waals surface area contributed by atoms with Gasteiger partial charge in [0.1, 0.15) is 0 Å². The molecule has 1 heterocycles. The molecule has 1 aromatic carbocycles. The Morgan fingerprint density at radius 2 is 2.00 bits per heavy atom. The van der Waals surface area contributed by atoms with E-state index in [1.807, 2.05) is 0 Å². The number of halogens is 5. The second-order valence-electron chi connectivity index (χ2n) is 3.71. The van der Waals surface area contributed by atoms with Crippen molar-refractivity contribution in [2.75, 3.05) is 0 Å². The van der Waals surface area contributed by atoms with Crippen molar-refractivity contribution in [3.8, 4) is 11.4 Å². The maximum absolute atomic E-state index is 12.9. The summed E-state index contributed by atoms with van der Waals surface area (Å²) < 4.78 is 39.3. The summed E-state index contributed by atoms with van der Waals surface area (Å²) in [5.41, 5.74) is -0.624. The first-order valence-electron chi connectivity index (χ1n) is 5.17. The summed E-state index contributed by atoms with van der Waals surface area (Å²) in [7, 11) is 0. The molecule has 0 unspecified atom stereocenters. The van der Waals surface area contributed by atoms with E-state index in [9.17, 15) is 13.2 Å². The third kappa shape index (κ3) is 3.25. The second kappa shape index (κ2) is 5.46. The molecule has 0 aliphatic heterocycles. The molecule has 0 saturated carbocycles. The molecule has 0 spiro atoms. The van der Waals surface area contributed by atoms with Crippen LogP contribution in [0.1, 0.15) is 11.3 Å². The fraction of sp³-hybridized carbons (Fsp3) is 0.167. The summed E-state index contributed by atoms with van der Waals surface area (Å²) in [5, 5.41) is 0. The lowest BCUT2D eigenvalue weighted by Crippen LogP contribution is -2.13. The van der Waals surface area contributed by atoms with Gasteiger partial charge in [-0.1, -0.05) is 28.1 Å². The predicted octanol–water partition coefficient (Wildman–Crippen LogP) is 4.66. The maximum atomic E-state index is 12.9. The summed E-state index contributed by atoms with van der Waals surface area (Å²) in [5.74, 6) is -0.268. The number of hydrogen-bond donors (Lipinski definition) is 0. The summed E-state index contributed by atoms with van der Waals surface area (Å²) in [6.07, 6.45) is -3.44. The molecular formula is C12H7BrClF3N2. The van der Waals surface area contributed by atoms with Crippen molar-refractivity contribution in [2.24, 2.45) is 0 Å². The van der Waals surface area contributed by atoms with E-state index in [1.54, 1.807) is 24.3 Å². The zero-order valence-electron chi connectivity index (χ0n) is 9.38. The topological polar surface area (TPSA) is 25.8 Å². The highest BCUT2D eigenvalue weighted by atomic mass is 79.9. The van der Waals surface area contributed by atoms with E-state index in [2.05, 4.69) is 25.9 Å². The van der Waals surface area contributed by atoms with Crippen LogP contribution in [0.3, 0.4) is 0 Å². The molecule has 0 aliphatic rings. The van der Waals surface area contributed by atoms with Gasteiger partial charge in [0.15, 0.2) is 11.5 Å². The van der Waals surface area contributed by atoms with Crippen molar-refractivity contribution >= 4 is 27.5 Å². The standard InChI is InChI=1S/C12H7BrClF3N2/c13-9-3-1-2-7(4-9)11-18-6-8(5-14)10(19-11)12(15,16)17/h1-4,6H,5H2. The lowest BCUT2D eigenvalue weighted by Gasteiger charge is -2.11. The van der Waals surface area contributed by atoms with Gasteiger partial charge in [-0.25, -0.2) is 9.97 Å². The molecule has 0 saturated heterocycles. The number of hydrogen-bond acceptors (Lipinski definition) is 2. The summed E-state index contributed by atoms with van der Waals surface area (Å²) in [6.45, 7) is 0. The van der Waals surface area contributed by atoms with Crippen molar-refractivity contribution in [1.82, 2.24) is 9.97 Å². The summed E-state index contributed by atoms with van der Waals surface area (Å²) >= 11 is 8.72. The zero-order valence-corrected chi connectivity index (χ0v) is 11.7. The van der Waals surface area contributed by atoms with Crippen LogP contribution in [0.15, 0.2) is 34.9 Å². The van der Waals surface area contributed by atoms with E-state index in [0.717, 1.165) is 10.7 Å². The van der Waals surface area contributed by atoms with E-state index in [1.165, 1.54) is 0 Å². The Morgan fingerprint density at radius 3 is 2.58 bits per heavy atom. The molecule has 0 fully saturated rings. The first-order valence-corrected chi connectivity index (χ1v) is 6.49. The molecule has 2 nitrogen and oxygen atoms in total. The Hall–Kier alpha value is -1.14. The summed E-state index contributed by atoms with van der Waals surface area (Å²) in [6, 6.07) is 6.75. The van der Waals surface area contributed by atoms with Gasteiger partial charge in [0.2, 0.25) is 0 Å². The van der Waals surface area contributed by atoms with E-state index >= 15 is 0 Å². The van der Waals surface area contributed by atoms with Crippen LogP contribution in [0.2, 0.25) is 0 Å². The van der Waals surface area contributed by atoms with E-state index in [-0.39, 0.29) is 17.3 Å². The molecule has 7 heteroatoms. The number of benzene rings is 1. The largest absolute Gasteiger partial charge is 0.433 e. The van der Waals surface area contributed by atoms with Crippen LogP contribution in [0.4, 0.5) is 13.2 Å². The Kier molecular flexibility index (Phi) is 4.10. The van der Waals surface area contributed by atoms with Gasteiger partial charge in [-0.15, -0.1) is 11.6 Å². The van der Waals surface area contributed by atoms with Gasteiger partial charge in [0.25, 0.3) is 0 Å². The van der Waals surface area contributed by atoms with Gasteiger partial charge in [-0.3, -0.25) is 0 Å². The molecular weight excluding hydrogens is 344 g/mol. The Bertz CT molecular complexity index is 602. The normalized spacial score (nSPS) is 11.6. The maximum Gasteiger partial charge on any atom is 0.433 e. The highest BCUT2D eigenvalue weighted by molar-refractivity contribution is 9.10. The van der Waals surface area contributed by atoms with Crippen LogP contribution < -0.4 is 0 Å². The van der Waals surface area contributed by atoms with Crippen LogP contribution in [-0.2, 0) is 12.1 Å². The van der Waals surface area contributed by atoms with E-state index in [4.69, 9.17) is 11.6 Å². The minimum Gasteiger partial charge on any atom is -0.236 e. The lowest BCUT2D eigenvalue weighted by molar-refractivity contribution is -0.141. The van der Waals surface area contributed by atoms with Gasteiger partial charge in [0.05, 0.1) is 5.88 Å². The third-order valence-electron chi connectivity index (χ3n) is 2.36. The van der Waals surface area contributed by atoms with Crippen molar-refractivity contribution < 1.29 is 13.2 Å². The molecule has 1 aromatic heterocycles. The fourth-order valence-electron chi connectivity index (χ4n) is 1.52. The van der Waals surface area contributed by atoms with Crippen LogP contribution in [0, 0.1) is 0 Å². The van der Waals surface area contributed by atoms with Gasteiger partial charge < -0.3 is 0 Å². The molecule has 0 aliphatic carbocycles. The highest BCUT2D eigenvalue weighted by Crippen LogP contribution is 2.32. The first-order chi connectivity index (χ1) is 8.91. The first kappa shape index (κ1) is 14.3. The number of aromatic nitrogens is 2. The molecule has 0 amide bonds. The Labute approximate surface area is 120 Å². The average molecular weight is 352 g/mol. The fourth-order valence-corrected chi connectivity index (χ4v) is 2.11. The van der Waals surface area contributed by atoms with Crippen LogP contribution in [0.5, 0.6) is 0 Å². The van der Waals surface area contributed by atoms with Crippen molar-refractivity contribution in [1.29, 1.82) is 0 Å². The Morgan fingerprint density at radius 1 is 1.26 bits per heavy atom. The molecule has 19 heavy (non-hydrogen) atoms. The number of rotatable bonds is 2. The van der Waals surface area contributed by atoms with Gasteiger partial charge >= 0.3 is 6.18 Å². The average Bonchev–Trinajstić information content (AvgIpc) is 2.37. The van der Waals surface area contributed by atoms with Gasteiger partial charge in [-0.2, -0.15) is 13.2 Å². The minimum absolute atomic E-state index is 0.0162. The minimum atomic E-state index is -4.55. The highest BCUT2D eigenvalue weighted by Gasteiger charge is 2.35. The third-order valence-corrected chi connectivity index (χ3v) is 3.14. The van der Waals surface area contributed by atoms with E-state index < -0.39 is 11.9 Å². The summed E-state index contributed by atoms with van der Waals surface area (Å²) in [4.78, 5) is 7.50. The smallest absolute Gasteiger partial charge is 0.236 e. The van der Waals surface area contributed by atoms with E-state index in [0.29, 0.717) is 5.56 Å². The molecule has 100 valence electrons.